The highest BCUT2D eigenvalue weighted by molar-refractivity contribution is 8.00. The van der Waals surface area contributed by atoms with Gasteiger partial charge in [-0.2, -0.15) is 0 Å². The van der Waals surface area contributed by atoms with Gasteiger partial charge < -0.3 is 4.57 Å². The lowest BCUT2D eigenvalue weighted by molar-refractivity contribution is 0.102. The van der Waals surface area contributed by atoms with Gasteiger partial charge in [-0.05, 0) is 43.7 Å². The summed E-state index contributed by atoms with van der Waals surface area (Å²) in [5.74, 6) is 0.193. The molecule has 4 rings (SSSR count). The molecule has 4 aromatic rings. The number of fused-ring (bicyclic) bond motifs is 1. The van der Waals surface area contributed by atoms with E-state index in [9.17, 15) is 9.59 Å². The first-order valence-corrected chi connectivity index (χ1v) is 11.7. The van der Waals surface area contributed by atoms with Gasteiger partial charge in [-0.15, -0.1) is 10.2 Å². The van der Waals surface area contributed by atoms with E-state index >= 15 is 0 Å². The summed E-state index contributed by atoms with van der Waals surface area (Å²) < 4.78 is 2.51. The Morgan fingerprint density at radius 2 is 1.97 bits per heavy atom. The van der Waals surface area contributed by atoms with Crippen molar-refractivity contribution in [3.63, 3.8) is 0 Å². The van der Waals surface area contributed by atoms with Crippen LogP contribution >= 0.6 is 34.7 Å². The van der Waals surface area contributed by atoms with Gasteiger partial charge in [0.2, 0.25) is 10.6 Å². The Balaban J connectivity index is 1.51. The van der Waals surface area contributed by atoms with Gasteiger partial charge in [0.15, 0.2) is 4.34 Å². The van der Waals surface area contributed by atoms with Crippen molar-refractivity contribution in [2.75, 3.05) is 5.32 Å². The molecule has 0 aliphatic carbocycles. The number of nitrogens with zero attached hydrogens (tertiary/aromatic N) is 4. The van der Waals surface area contributed by atoms with Crippen LogP contribution in [0.5, 0.6) is 0 Å². The third-order valence-corrected chi connectivity index (χ3v) is 6.84. The maximum atomic E-state index is 12.9. The first-order valence-electron chi connectivity index (χ1n) is 9.47. The number of hydrogen-bond donors (Lipinski definition) is 1. The molecule has 0 aliphatic rings. The second-order valence-corrected chi connectivity index (χ2v) is 9.36. The molecule has 0 unspecified atom stereocenters. The highest BCUT2D eigenvalue weighted by Gasteiger charge is 2.18. The molecule has 3 heterocycles. The topological polar surface area (TPSA) is 89.8 Å². The monoisotopic (exact) mass is 471 g/mol. The molecule has 0 spiro atoms. The van der Waals surface area contributed by atoms with Crippen molar-refractivity contribution in [1.82, 2.24) is 19.7 Å². The minimum atomic E-state index is -0.514. The van der Waals surface area contributed by atoms with Crippen LogP contribution < -0.4 is 10.7 Å². The van der Waals surface area contributed by atoms with Gasteiger partial charge >= 0.3 is 0 Å². The smallest absolute Gasteiger partial charge is 0.262 e. The third kappa shape index (κ3) is 4.79. The number of amides is 1. The first-order chi connectivity index (χ1) is 14.9. The molecule has 0 saturated carbocycles. The Labute approximate surface area is 191 Å². The van der Waals surface area contributed by atoms with Gasteiger partial charge in [0.1, 0.15) is 11.2 Å². The van der Waals surface area contributed by atoms with Crippen molar-refractivity contribution in [3.05, 3.63) is 74.7 Å². The van der Waals surface area contributed by atoms with Gasteiger partial charge in [-0.3, -0.25) is 14.9 Å². The van der Waals surface area contributed by atoms with Crippen LogP contribution in [0.4, 0.5) is 5.13 Å². The van der Waals surface area contributed by atoms with Crippen molar-refractivity contribution >= 4 is 56.8 Å². The number of aryl methyl sites for hydroxylation is 2. The summed E-state index contributed by atoms with van der Waals surface area (Å²) in [5.41, 5.74) is 2.18. The number of carbonyl (C=O) groups is 1. The predicted molar refractivity (Wildman–Crippen MR) is 125 cm³/mol. The van der Waals surface area contributed by atoms with E-state index in [1.54, 1.807) is 22.9 Å². The Morgan fingerprint density at radius 3 is 2.71 bits per heavy atom. The molecule has 0 radical (unpaired) electrons. The molecule has 0 aliphatic heterocycles. The Kier molecular flexibility index (Phi) is 6.35. The zero-order valence-corrected chi connectivity index (χ0v) is 19.1. The van der Waals surface area contributed by atoms with E-state index in [2.05, 4.69) is 20.5 Å². The quantitative estimate of drug-likeness (QED) is 0.321. The van der Waals surface area contributed by atoms with Crippen LogP contribution in [0.2, 0.25) is 5.02 Å². The number of rotatable bonds is 6. The van der Waals surface area contributed by atoms with Crippen molar-refractivity contribution in [2.24, 2.45) is 0 Å². The summed E-state index contributed by atoms with van der Waals surface area (Å²) in [6.45, 7) is 4.38. The number of pyridine rings is 2. The van der Waals surface area contributed by atoms with Crippen LogP contribution in [0.25, 0.3) is 11.0 Å². The van der Waals surface area contributed by atoms with Crippen LogP contribution in [0.1, 0.15) is 28.5 Å². The maximum Gasteiger partial charge on any atom is 0.262 e. The fourth-order valence-corrected chi connectivity index (χ4v) is 4.80. The largest absolute Gasteiger partial charge is 0.332 e. The summed E-state index contributed by atoms with van der Waals surface area (Å²) in [6.07, 6.45) is 1.55. The first kappa shape index (κ1) is 21.5. The lowest BCUT2D eigenvalue weighted by atomic mass is 10.1. The maximum absolute atomic E-state index is 12.9. The van der Waals surface area contributed by atoms with Crippen molar-refractivity contribution < 1.29 is 4.79 Å². The fraction of sp³-hybridized carbons (Fsp3) is 0.190. The van der Waals surface area contributed by atoms with Gasteiger partial charge in [0.05, 0.1) is 5.39 Å². The van der Waals surface area contributed by atoms with E-state index in [0.29, 0.717) is 33.5 Å². The van der Waals surface area contributed by atoms with E-state index in [-0.39, 0.29) is 11.0 Å². The summed E-state index contributed by atoms with van der Waals surface area (Å²) in [6, 6.07) is 11.1. The summed E-state index contributed by atoms with van der Waals surface area (Å²) in [7, 11) is 0. The third-order valence-electron chi connectivity index (χ3n) is 4.55. The second-order valence-electron chi connectivity index (χ2n) is 6.72. The van der Waals surface area contributed by atoms with E-state index < -0.39 is 5.91 Å². The lowest BCUT2D eigenvalue weighted by Gasteiger charge is -2.10. The Hall–Kier alpha value is -2.75. The average Bonchev–Trinajstić information content (AvgIpc) is 3.20. The number of anilines is 1. The molecule has 3 aromatic heterocycles. The van der Waals surface area contributed by atoms with E-state index in [1.807, 2.05) is 38.1 Å². The molecule has 1 N–H and O–H groups in total. The van der Waals surface area contributed by atoms with Gasteiger partial charge in [0, 0.05) is 29.2 Å². The van der Waals surface area contributed by atoms with Gasteiger partial charge in [-0.25, -0.2) is 4.98 Å². The van der Waals surface area contributed by atoms with Gasteiger partial charge in [0.25, 0.3) is 5.91 Å². The summed E-state index contributed by atoms with van der Waals surface area (Å²) in [4.78, 5) is 30.1. The highest BCUT2D eigenvalue weighted by Crippen LogP contribution is 2.28. The molecular formula is C21H18ClN5O2S2. The number of halogens is 1. The Bertz CT molecular complexity index is 1320. The van der Waals surface area contributed by atoms with Crippen LogP contribution in [0.15, 0.2) is 51.7 Å². The summed E-state index contributed by atoms with van der Waals surface area (Å²) >= 11 is 8.68. The van der Waals surface area contributed by atoms with E-state index in [4.69, 9.17) is 11.6 Å². The molecule has 7 nitrogen and oxygen atoms in total. The molecule has 0 fully saturated rings. The molecule has 1 aromatic carbocycles. The fourth-order valence-electron chi connectivity index (χ4n) is 2.97. The summed E-state index contributed by atoms with van der Waals surface area (Å²) in [5, 5.41) is 12.3. The number of benzene rings is 1. The second kappa shape index (κ2) is 9.17. The van der Waals surface area contributed by atoms with Crippen molar-refractivity contribution in [1.29, 1.82) is 0 Å². The number of thioether (sulfide) groups is 1. The molecule has 1 amide bonds. The number of carbonyl (C=O) groups excluding carboxylic acids is 1. The van der Waals surface area contributed by atoms with Gasteiger partial charge in [-0.1, -0.05) is 46.8 Å². The van der Waals surface area contributed by atoms with Crippen LogP contribution in [-0.4, -0.2) is 25.7 Å². The lowest BCUT2D eigenvalue weighted by Crippen LogP contribution is -2.24. The van der Waals surface area contributed by atoms with Crippen molar-refractivity contribution in [2.45, 2.75) is 30.5 Å². The highest BCUT2D eigenvalue weighted by atomic mass is 35.5. The van der Waals surface area contributed by atoms with E-state index in [0.717, 1.165) is 15.6 Å². The van der Waals surface area contributed by atoms with Crippen LogP contribution in [0.3, 0.4) is 0 Å². The van der Waals surface area contributed by atoms with E-state index in [1.165, 1.54) is 23.1 Å². The SMILES string of the molecule is CCn1cc(C(=O)Nc2nnc(SCc3ccc(Cl)cc3)s2)c(=O)c2ccc(C)nc21. The molecule has 31 heavy (non-hydrogen) atoms. The number of hydrogen-bond acceptors (Lipinski definition) is 7. The van der Waals surface area contributed by atoms with Crippen LogP contribution in [0, 0.1) is 6.92 Å². The number of aromatic nitrogens is 4. The minimum Gasteiger partial charge on any atom is -0.332 e. The van der Waals surface area contributed by atoms with Crippen LogP contribution in [-0.2, 0) is 12.3 Å². The molecule has 158 valence electrons. The zero-order valence-electron chi connectivity index (χ0n) is 16.8. The predicted octanol–water partition coefficient (Wildman–Crippen LogP) is 4.77. The normalized spacial score (nSPS) is 11.1. The zero-order chi connectivity index (χ0) is 22.0. The van der Waals surface area contributed by atoms with Crippen molar-refractivity contribution in [3.8, 4) is 0 Å². The average molecular weight is 472 g/mol. The molecule has 0 bridgehead atoms. The Morgan fingerprint density at radius 1 is 1.19 bits per heavy atom. The molecule has 10 heteroatoms. The molecule has 0 atom stereocenters. The standard InChI is InChI=1S/C21H18ClN5O2S2/c1-3-27-10-16(17(28)15-9-4-12(2)23-18(15)27)19(29)24-20-25-26-21(31-20)30-11-13-5-7-14(22)8-6-13/h4-10H,3,11H2,1-2H3,(H,24,25,29). The minimum absolute atomic E-state index is 0.0468. The molecular weight excluding hydrogens is 454 g/mol. The molecule has 0 saturated heterocycles. The number of nitrogens with one attached hydrogen (secondary N) is 1.